The standard InChI is InChI=1S/C12H17NO2S/c1-2-10-3-5-11(6-4-10)12-9-16(14,15)8-7-13-12/h3-6,12-13H,2,7-9H2,1H3. The SMILES string of the molecule is CCc1ccc(C2CS(=O)(=O)CCN2)cc1. The molecule has 0 amide bonds. The van der Waals surface area contributed by atoms with Gasteiger partial charge in [-0.3, -0.25) is 0 Å². The lowest BCUT2D eigenvalue weighted by Gasteiger charge is -2.24. The molecule has 1 fully saturated rings. The first-order valence-electron chi connectivity index (χ1n) is 5.63. The van der Waals surface area contributed by atoms with Crippen LogP contribution < -0.4 is 5.32 Å². The van der Waals surface area contributed by atoms with E-state index in [2.05, 4.69) is 24.4 Å². The summed E-state index contributed by atoms with van der Waals surface area (Å²) in [6.07, 6.45) is 1.01. The second-order valence-corrected chi connectivity index (χ2v) is 6.44. The highest BCUT2D eigenvalue weighted by Crippen LogP contribution is 2.19. The van der Waals surface area contributed by atoms with E-state index in [9.17, 15) is 8.42 Å². The van der Waals surface area contributed by atoms with E-state index >= 15 is 0 Å². The van der Waals surface area contributed by atoms with E-state index in [0.717, 1.165) is 12.0 Å². The van der Waals surface area contributed by atoms with Crippen molar-refractivity contribution in [1.82, 2.24) is 5.32 Å². The summed E-state index contributed by atoms with van der Waals surface area (Å²) in [7, 11) is -2.86. The lowest BCUT2D eigenvalue weighted by molar-refractivity contribution is 0.531. The molecule has 3 nitrogen and oxygen atoms in total. The van der Waals surface area contributed by atoms with Gasteiger partial charge in [-0.15, -0.1) is 0 Å². The molecule has 1 aromatic rings. The van der Waals surface area contributed by atoms with Crippen molar-refractivity contribution in [1.29, 1.82) is 0 Å². The van der Waals surface area contributed by atoms with Gasteiger partial charge in [-0.25, -0.2) is 8.42 Å². The average molecular weight is 239 g/mol. The number of hydrogen-bond donors (Lipinski definition) is 1. The average Bonchev–Trinajstić information content (AvgIpc) is 2.28. The number of hydrogen-bond acceptors (Lipinski definition) is 3. The van der Waals surface area contributed by atoms with E-state index in [1.165, 1.54) is 5.56 Å². The predicted molar refractivity (Wildman–Crippen MR) is 65.2 cm³/mol. The van der Waals surface area contributed by atoms with Crippen molar-refractivity contribution in [2.24, 2.45) is 0 Å². The second-order valence-electron chi connectivity index (χ2n) is 4.22. The summed E-state index contributed by atoms with van der Waals surface area (Å²) in [5, 5.41) is 3.25. The van der Waals surface area contributed by atoms with Crippen molar-refractivity contribution in [2.45, 2.75) is 19.4 Å². The van der Waals surface area contributed by atoms with Gasteiger partial charge in [0.25, 0.3) is 0 Å². The molecule has 0 saturated carbocycles. The topological polar surface area (TPSA) is 46.2 Å². The molecule has 0 aliphatic carbocycles. The maximum absolute atomic E-state index is 11.5. The zero-order valence-corrected chi connectivity index (χ0v) is 10.3. The highest BCUT2D eigenvalue weighted by atomic mass is 32.2. The van der Waals surface area contributed by atoms with Crippen LogP contribution in [0.2, 0.25) is 0 Å². The van der Waals surface area contributed by atoms with E-state index in [1.54, 1.807) is 0 Å². The lowest BCUT2D eigenvalue weighted by atomic mass is 10.0. The van der Waals surface area contributed by atoms with Crippen LogP contribution in [0.5, 0.6) is 0 Å². The van der Waals surface area contributed by atoms with Gasteiger partial charge in [-0.2, -0.15) is 0 Å². The minimum atomic E-state index is -2.86. The summed E-state index contributed by atoms with van der Waals surface area (Å²) in [4.78, 5) is 0. The molecule has 16 heavy (non-hydrogen) atoms. The third-order valence-electron chi connectivity index (χ3n) is 3.01. The number of benzene rings is 1. The molecule has 0 spiro atoms. The summed E-state index contributed by atoms with van der Waals surface area (Å²) in [5.41, 5.74) is 2.35. The Labute approximate surface area is 96.8 Å². The van der Waals surface area contributed by atoms with Gasteiger partial charge in [0.2, 0.25) is 0 Å². The van der Waals surface area contributed by atoms with Gasteiger partial charge in [0.15, 0.2) is 9.84 Å². The first kappa shape index (κ1) is 11.6. The predicted octanol–water partition coefficient (Wildman–Crippen LogP) is 1.31. The maximum atomic E-state index is 11.5. The lowest BCUT2D eigenvalue weighted by Crippen LogP contribution is -2.39. The quantitative estimate of drug-likeness (QED) is 0.846. The van der Waals surface area contributed by atoms with Crippen molar-refractivity contribution in [2.75, 3.05) is 18.1 Å². The summed E-state index contributed by atoms with van der Waals surface area (Å²) in [6, 6.07) is 8.15. The van der Waals surface area contributed by atoms with Crippen molar-refractivity contribution in [3.63, 3.8) is 0 Å². The monoisotopic (exact) mass is 239 g/mol. The molecule has 1 aliphatic rings. The van der Waals surface area contributed by atoms with E-state index in [1.807, 2.05) is 12.1 Å². The first-order valence-corrected chi connectivity index (χ1v) is 7.45. The van der Waals surface area contributed by atoms with Crippen LogP contribution in [0.1, 0.15) is 24.1 Å². The van der Waals surface area contributed by atoms with E-state index in [-0.39, 0.29) is 17.5 Å². The second kappa shape index (κ2) is 4.55. The Kier molecular flexibility index (Phi) is 3.30. The summed E-state index contributed by atoms with van der Waals surface area (Å²) in [6.45, 7) is 2.67. The van der Waals surface area contributed by atoms with Gasteiger partial charge >= 0.3 is 0 Å². The van der Waals surface area contributed by atoms with Crippen LogP contribution >= 0.6 is 0 Å². The van der Waals surface area contributed by atoms with E-state index in [0.29, 0.717) is 6.54 Å². The van der Waals surface area contributed by atoms with Crippen molar-refractivity contribution in [3.8, 4) is 0 Å². The van der Waals surface area contributed by atoms with Crippen molar-refractivity contribution < 1.29 is 8.42 Å². The van der Waals surface area contributed by atoms with Crippen LogP contribution in [0.3, 0.4) is 0 Å². The molecule has 2 rings (SSSR count). The van der Waals surface area contributed by atoms with Gasteiger partial charge in [0.1, 0.15) is 0 Å². The largest absolute Gasteiger partial charge is 0.308 e. The molecule has 1 aromatic carbocycles. The molecule has 88 valence electrons. The minimum absolute atomic E-state index is 0.0374. The molecule has 1 aliphatic heterocycles. The van der Waals surface area contributed by atoms with Crippen LogP contribution in [0, 0.1) is 0 Å². The molecule has 0 bridgehead atoms. The number of aryl methyl sites for hydroxylation is 1. The van der Waals surface area contributed by atoms with Crippen LogP contribution in [0.4, 0.5) is 0 Å². The summed E-state index contributed by atoms with van der Waals surface area (Å²) < 4.78 is 23.0. The molecule has 4 heteroatoms. The van der Waals surface area contributed by atoms with Gasteiger partial charge in [0, 0.05) is 12.6 Å². The molecule has 0 aromatic heterocycles. The van der Waals surface area contributed by atoms with Crippen LogP contribution in [-0.2, 0) is 16.3 Å². The molecule has 1 N–H and O–H groups in total. The Morgan fingerprint density at radius 1 is 1.31 bits per heavy atom. The van der Waals surface area contributed by atoms with Crippen LogP contribution in [-0.4, -0.2) is 26.5 Å². The van der Waals surface area contributed by atoms with Gasteiger partial charge in [-0.05, 0) is 17.5 Å². The minimum Gasteiger partial charge on any atom is -0.308 e. The molecule has 1 heterocycles. The Morgan fingerprint density at radius 2 is 2.00 bits per heavy atom. The van der Waals surface area contributed by atoms with Gasteiger partial charge in [0.05, 0.1) is 11.5 Å². The Hall–Kier alpha value is -0.870. The number of sulfone groups is 1. The smallest absolute Gasteiger partial charge is 0.153 e. The summed E-state index contributed by atoms with van der Waals surface area (Å²) in [5.74, 6) is 0.481. The van der Waals surface area contributed by atoms with Gasteiger partial charge < -0.3 is 5.32 Å². The number of nitrogens with one attached hydrogen (secondary N) is 1. The third kappa shape index (κ3) is 2.62. The zero-order chi connectivity index (χ0) is 11.6. The van der Waals surface area contributed by atoms with Crippen molar-refractivity contribution >= 4 is 9.84 Å². The highest BCUT2D eigenvalue weighted by molar-refractivity contribution is 7.91. The van der Waals surface area contributed by atoms with Gasteiger partial charge in [-0.1, -0.05) is 31.2 Å². The van der Waals surface area contributed by atoms with Crippen LogP contribution in [0.15, 0.2) is 24.3 Å². The molecular formula is C12H17NO2S. The zero-order valence-electron chi connectivity index (χ0n) is 9.44. The first-order chi connectivity index (χ1) is 7.61. The fourth-order valence-electron chi connectivity index (χ4n) is 1.98. The normalized spacial score (nSPS) is 24.2. The Bertz CT molecular complexity index is 450. The van der Waals surface area contributed by atoms with E-state index in [4.69, 9.17) is 0 Å². The van der Waals surface area contributed by atoms with Crippen molar-refractivity contribution in [3.05, 3.63) is 35.4 Å². The fraction of sp³-hybridized carbons (Fsp3) is 0.500. The molecule has 1 atom stereocenters. The van der Waals surface area contributed by atoms with Crippen LogP contribution in [0.25, 0.3) is 0 Å². The molecule has 1 unspecified atom stereocenters. The summed E-state index contributed by atoms with van der Waals surface area (Å²) >= 11 is 0. The molecular weight excluding hydrogens is 222 g/mol. The highest BCUT2D eigenvalue weighted by Gasteiger charge is 2.25. The maximum Gasteiger partial charge on any atom is 0.153 e. The fourth-order valence-corrected chi connectivity index (χ4v) is 3.40. The number of rotatable bonds is 2. The van der Waals surface area contributed by atoms with E-state index < -0.39 is 9.84 Å². The third-order valence-corrected chi connectivity index (χ3v) is 4.68. The Morgan fingerprint density at radius 3 is 2.56 bits per heavy atom. The molecule has 0 radical (unpaired) electrons. The Balaban J connectivity index is 2.17. The molecule has 1 saturated heterocycles.